The second-order valence-electron chi connectivity index (χ2n) is 4.77. The Kier molecular flexibility index (Phi) is 3.07. The molecule has 4 heteroatoms. The summed E-state index contributed by atoms with van der Waals surface area (Å²) in [5.41, 5.74) is 2.24. The van der Waals surface area contributed by atoms with Crippen molar-refractivity contribution in [2.24, 2.45) is 7.05 Å². The molecule has 0 fully saturated rings. The first-order valence-corrected chi connectivity index (χ1v) is 6.68. The molecule has 3 rings (SSSR count). The van der Waals surface area contributed by atoms with Crippen LogP contribution in [0.4, 0.5) is 0 Å². The Morgan fingerprint density at radius 1 is 1.10 bits per heavy atom. The fourth-order valence-electron chi connectivity index (χ4n) is 2.46. The highest BCUT2D eigenvalue weighted by Crippen LogP contribution is 2.33. The second kappa shape index (κ2) is 4.76. The molecule has 0 N–H and O–H groups in total. The van der Waals surface area contributed by atoms with Gasteiger partial charge in [-0.3, -0.25) is 4.79 Å². The van der Waals surface area contributed by atoms with Crippen LogP contribution in [0, 0.1) is 6.92 Å². The van der Waals surface area contributed by atoms with E-state index in [1.54, 1.807) is 7.05 Å². The highest BCUT2D eigenvalue weighted by Gasteiger charge is 2.15. The van der Waals surface area contributed by atoms with Crippen LogP contribution in [0.2, 0.25) is 5.02 Å². The van der Waals surface area contributed by atoms with Crippen LogP contribution in [0.25, 0.3) is 21.9 Å². The van der Waals surface area contributed by atoms with Gasteiger partial charge in [0.2, 0.25) is 0 Å². The lowest BCUT2D eigenvalue weighted by atomic mass is 9.95. The summed E-state index contributed by atoms with van der Waals surface area (Å²) in [5, 5.41) is 6.44. The van der Waals surface area contributed by atoms with Gasteiger partial charge in [-0.2, -0.15) is 5.10 Å². The van der Waals surface area contributed by atoms with Crippen LogP contribution in [0.15, 0.2) is 47.4 Å². The maximum absolute atomic E-state index is 12.4. The van der Waals surface area contributed by atoms with E-state index in [2.05, 4.69) is 5.10 Å². The molecule has 0 bridgehead atoms. The lowest BCUT2D eigenvalue weighted by Crippen LogP contribution is -2.21. The lowest BCUT2D eigenvalue weighted by molar-refractivity contribution is 0.710. The minimum absolute atomic E-state index is 0.183. The van der Waals surface area contributed by atoms with Crippen LogP contribution in [0.3, 0.4) is 0 Å². The Bertz CT molecular complexity index is 868. The molecular weight excluding hydrogens is 272 g/mol. The van der Waals surface area contributed by atoms with Gasteiger partial charge in [0.25, 0.3) is 5.56 Å². The fraction of sp³-hybridized carbons (Fsp3) is 0.125. The predicted molar refractivity (Wildman–Crippen MR) is 82.2 cm³/mol. The quantitative estimate of drug-likeness (QED) is 0.685. The van der Waals surface area contributed by atoms with Gasteiger partial charge in [0, 0.05) is 7.05 Å². The number of hydrogen-bond donors (Lipinski definition) is 0. The predicted octanol–water partition coefficient (Wildman–Crippen LogP) is 3.56. The van der Waals surface area contributed by atoms with Gasteiger partial charge in [0.15, 0.2) is 0 Å². The van der Waals surface area contributed by atoms with Crippen molar-refractivity contribution in [2.75, 3.05) is 0 Å². The monoisotopic (exact) mass is 284 g/mol. The average Bonchev–Trinajstić information content (AvgIpc) is 2.45. The Labute approximate surface area is 121 Å². The van der Waals surface area contributed by atoms with Crippen molar-refractivity contribution < 1.29 is 0 Å². The number of fused-ring (bicyclic) bond motifs is 1. The third-order valence-corrected chi connectivity index (χ3v) is 3.76. The molecule has 1 heterocycles. The highest BCUT2D eigenvalue weighted by atomic mass is 35.5. The minimum Gasteiger partial charge on any atom is -0.267 e. The average molecular weight is 285 g/mol. The molecule has 2 aromatic carbocycles. The lowest BCUT2D eigenvalue weighted by Gasteiger charge is -2.12. The zero-order valence-electron chi connectivity index (χ0n) is 11.2. The summed E-state index contributed by atoms with van der Waals surface area (Å²) in [5.74, 6) is 0. The molecule has 100 valence electrons. The zero-order valence-corrected chi connectivity index (χ0v) is 12.0. The van der Waals surface area contributed by atoms with Crippen LogP contribution in [0.1, 0.15) is 5.56 Å². The van der Waals surface area contributed by atoms with E-state index in [9.17, 15) is 4.79 Å². The summed E-state index contributed by atoms with van der Waals surface area (Å²) in [7, 11) is 1.63. The molecule has 0 aliphatic carbocycles. The molecule has 3 aromatic rings. The minimum atomic E-state index is -0.183. The van der Waals surface area contributed by atoms with Gasteiger partial charge in [-0.05, 0) is 28.8 Å². The summed E-state index contributed by atoms with van der Waals surface area (Å²) < 4.78 is 1.31. The van der Waals surface area contributed by atoms with Crippen molar-refractivity contribution in [3.63, 3.8) is 0 Å². The van der Waals surface area contributed by atoms with E-state index in [1.807, 2.05) is 43.3 Å². The first kappa shape index (κ1) is 12.9. The topological polar surface area (TPSA) is 34.9 Å². The van der Waals surface area contributed by atoms with Crippen LogP contribution in [0.5, 0.6) is 0 Å². The molecule has 3 nitrogen and oxygen atoms in total. The van der Waals surface area contributed by atoms with Crippen LogP contribution < -0.4 is 5.56 Å². The molecule has 0 radical (unpaired) electrons. The Morgan fingerprint density at radius 3 is 2.65 bits per heavy atom. The van der Waals surface area contributed by atoms with Crippen molar-refractivity contribution >= 4 is 22.4 Å². The first-order chi connectivity index (χ1) is 9.59. The van der Waals surface area contributed by atoms with Gasteiger partial charge in [-0.15, -0.1) is 0 Å². The van der Waals surface area contributed by atoms with Crippen molar-refractivity contribution in [3.05, 3.63) is 63.5 Å². The smallest absolute Gasteiger partial charge is 0.267 e. The Morgan fingerprint density at radius 2 is 1.85 bits per heavy atom. The van der Waals surface area contributed by atoms with Crippen LogP contribution in [-0.2, 0) is 7.05 Å². The summed E-state index contributed by atoms with van der Waals surface area (Å²) in [6.07, 6.45) is 1.51. The van der Waals surface area contributed by atoms with Gasteiger partial charge in [0.1, 0.15) is 0 Å². The number of nitrogens with zero attached hydrogens (tertiary/aromatic N) is 2. The Balaban J connectivity index is 2.50. The maximum Gasteiger partial charge on any atom is 0.275 e. The third kappa shape index (κ3) is 1.91. The van der Waals surface area contributed by atoms with Crippen molar-refractivity contribution in [1.29, 1.82) is 0 Å². The number of halogens is 1. The number of benzene rings is 2. The Hall–Kier alpha value is -2.13. The molecule has 0 amide bonds. The third-order valence-electron chi connectivity index (χ3n) is 3.48. The summed E-state index contributed by atoms with van der Waals surface area (Å²) in [6.45, 7) is 1.98. The fourth-order valence-corrected chi connectivity index (χ4v) is 2.68. The van der Waals surface area contributed by atoms with Crippen molar-refractivity contribution in [2.45, 2.75) is 6.92 Å². The molecule has 0 saturated heterocycles. The number of aromatic nitrogens is 2. The van der Waals surface area contributed by atoms with E-state index < -0.39 is 0 Å². The summed E-state index contributed by atoms with van der Waals surface area (Å²) >= 11 is 6.23. The molecule has 0 aliphatic rings. The van der Waals surface area contributed by atoms with E-state index in [0.29, 0.717) is 10.6 Å². The largest absolute Gasteiger partial charge is 0.275 e. The normalized spacial score (nSPS) is 10.9. The van der Waals surface area contributed by atoms with Gasteiger partial charge >= 0.3 is 0 Å². The molecule has 0 saturated carbocycles. The van der Waals surface area contributed by atoms with Gasteiger partial charge in [-0.1, -0.05) is 48.0 Å². The van der Waals surface area contributed by atoms with Gasteiger partial charge < -0.3 is 0 Å². The molecule has 20 heavy (non-hydrogen) atoms. The van der Waals surface area contributed by atoms with Crippen molar-refractivity contribution in [1.82, 2.24) is 9.78 Å². The molecular formula is C16H13ClN2O. The molecule has 0 atom stereocenters. The van der Waals surface area contributed by atoms with E-state index in [0.717, 1.165) is 21.9 Å². The molecule has 0 unspecified atom stereocenters. The van der Waals surface area contributed by atoms with Crippen molar-refractivity contribution in [3.8, 4) is 11.1 Å². The molecule has 0 spiro atoms. The van der Waals surface area contributed by atoms with E-state index in [4.69, 9.17) is 11.6 Å². The second-order valence-corrected chi connectivity index (χ2v) is 5.18. The van der Waals surface area contributed by atoms with Crippen LogP contribution >= 0.6 is 11.6 Å². The molecule has 0 aliphatic heterocycles. The van der Waals surface area contributed by atoms with E-state index in [1.165, 1.54) is 10.9 Å². The SMILES string of the molecule is Cc1ccc2ccccc2c1-c1c(Cl)cnn(C)c1=O. The van der Waals surface area contributed by atoms with Gasteiger partial charge in [0.05, 0.1) is 16.8 Å². The maximum atomic E-state index is 12.4. The van der Waals surface area contributed by atoms with E-state index in [-0.39, 0.29) is 5.56 Å². The number of aryl methyl sites for hydroxylation is 2. The van der Waals surface area contributed by atoms with Gasteiger partial charge in [-0.25, -0.2) is 4.68 Å². The molecule has 1 aromatic heterocycles. The standard InChI is InChI=1S/C16H13ClN2O/c1-10-7-8-11-5-3-4-6-12(11)14(10)15-13(17)9-18-19(2)16(15)20/h3-9H,1-2H3. The first-order valence-electron chi connectivity index (χ1n) is 6.30. The van der Waals surface area contributed by atoms with Crippen LogP contribution in [-0.4, -0.2) is 9.78 Å². The zero-order chi connectivity index (χ0) is 14.3. The number of hydrogen-bond acceptors (Lipinski definition) is 2. The summed E-state index contributed by atoms with van der Waals surface area (Å²) in [6, 6.07) is 12.0. The number of rotatable bonds is 1. The summed E-state index contributed by atoms with van der Waals surface area (Å²) in [4.78, 5) is 12.4. The van der Waals surface area contributed by atoms with E-state index >= 15 is 0 Å². The highest BCUT2D eigenvalue weighted by molar-refractivity contribution is 6.33.